The molecule has 24 heavy (non-hydrogen) atoms. The Bertz CT molecular complexity index is 477. The molecule has 1 aromatic rings. The molecule has 134 valence electrons. The SMILES string of the molecule is CCOc1ccc([C@H](O)CN2CCN(C3CCCCC3)CC2)cc1. The topological polar surface area (TPSA) is 35.9 Å². The third kappa shape index (κ3) is 4.71. The Kier molecular flexibility index (Phi) is 6.52. The lowest BCUT2D eigenvalue weighted by atomic mass is 9.94. The van der Waals surface area contributed by atoms with Gasteiger partial charge in [-0.25, -0.2) is 0 Å². The first-order chi connectivity index (χ1) is 11.8. The summed E-state index contributed by atoms with van der Waals surface area (Å²) in [4.78, 5) is 5.08. The van der Waals surface area contributed by atoms with Gasteiger partial charge in [-0.3, -0.25) is 9.80 Å². The number of benzene rings is 1. The maximum atomic E-state index is 10.5. The molecule has 4 nitrogen and oxygen atoms in total. The summed E-state index contributed by atoms with van der Waals surface area (Å²) in [6.45, 7) is 7.84. The third-order valence-electron chi connectivity index (χ3n) is 5.50. The van der Waals surface area contributed by atoms with Crippen molar-refractivity contribution < 1.29 is 9.84 Å². The highest BCUT2D eigenvalue weighted by Crippen LogP contribution is 2.24. The Morgan fingerprint density at radius 3 is 2.33 bits per heavy atom. The van der Waals surface area contributed by atoms with Gasteiger partial charge in [0.1, 0.15) is 5.75 Å². The van der Waals surface area contributed by atoms with Gasteiger partial charge in [0.25, 0.3) is 0 Å². The van der Waals surface area contributed by atoms with Crippen LogP contribution in [0.2, 0.25) is 0 Å². The van der Waals surface area contributed by atoms with Crippen molar-refractivity contribution in [3.63, 3.8) is 0 Å². The molecule has 1 atom stereocenters. The van der Waals surface area contributed by atoms with Gasteiger partial charge < -0.3 is 9.84 Å². The van der Waals surface area contributed by atoms with Crippen LogP contribution in [0.5, 0.6) is 5.75 Å². The first kappa shape index (κ1) is 17.7. The van der Waals surface area contributed by atoms with Crippen molar-refractivity contribution in [2.45, 2.75) is 51.2 Å². The van der Waals surface area contributed by atoms with Gasteiger partial charge in [-0.15, -0.1) is 0 Å². The number of aliphatic hydroxyl groups excluding tert-OH is 1. The van der Waals surface area contributed by atoms with Crippen molar-refractivity contribution in [1.29, 1.82) is 0 Å². The van der Waals surface area contributed by atoms with E-state index in [0.717, 1.165) is 50.1 Å². The molecule has 1 saturated heterocycles. The maximum Gasteiger partial charge on any atom is 0.119 e. The van der Waals surface area contributed by atoms with Gasteiger partial charge in [0.2, 0.25) is 0 Å². The largest absolute Gasteiger partial charge is 0.494 e. The van der Waals surface area contributed by atoms with E-state index in [9.17, 15) is 5.11 Å². The van der Waals surface area contributed by atoms with Gasteiger partial charge in [-0.05, 0) is 37.5 Å². The van der Waals surface area contributed by atoms with Crippen LogP contribution >= 0.6 is 0 Å². The van der Waals surface area contributed by atoms with Crippen molar-refractivity contribution in [1.82, 2.24) is 9.80 Å². The summed E-state index contributed by atoms with van der Waals surface area (Å²) in [6.07, 6.45) is 6.58. The van der Waals surface area contributed by atoms with E-state index >= 15 is 0 Å². The molecule has 1 heterocycles. The molecule has 1 aromatic carbocycles. The number of nitrogens with zero attached hydrogens (tertiary/aromatic N) is 2. The molecule has 0 amide bonds. The molecule has 0 aromatic heterocycles. The fraction of sp³-hybridized carbons (Fsp3) is 0.700. The van der Waals surface area contributed by atoms with E-state index in [0.29, 0.717) is 6.61 Å². The number of piperazine rings is 1. The van der Waals surface area contributed by atoms with Gasteiger partial charge >= 0.3 is 0 Å². The van der Waals surface area contributed by atoms with Crippen molar-refractivity contribution in [3.8, 4) is 5.75 Å². The number of hydrogen-bond donors (Lipinski definition) is 1. The molecule has 0 radical (unpaired) electrons. The predicted molar refractivity (Wildman–Crippen MR) is 97.5 cm³/mol. The van der Waals surface area contributed by atoms with Crippen molar-refractivity contribution >= 4 is 0 Å². The Balaban J connectivity index is 1.44. The first-order valence-electron chi connectivity index (χ1n) is 9.63. The van der Waals surface area contributed by atoms with Gasteiger partial charge in [-0.2, -0.15) is 0 Å². The van der Waals surface area contributed by atoms with Crippen LogP contribution in [0, 0.1) is 0 Å². The summed E-state index contributed by atoms with van der Waals surface area (Å²) >= 11 is 0. The smallest absolute Gasteiger partial charge is 0.119 e. The van der Waals surface area contributed by atoms with Gasteiger partial charge in [0.15, 0.2) is 0 Å². The lowest BCUT2D eigenvalue weighted by molar-refractivity contribution is 0.0475. The average molecular weight is 332 g/mol. The van der Waals surface area contributed by atoms with Crippen molar-refractivity contribution in [2.24, 2.45) is 0 Å². The normalized spacial score (nSPS) is 22.4. The van der Waals surface area contributed by atoms with Crippen LogP contribution in [0.25, 0.3) is 0 Å². The Hall–Kier alpha value is -1.10. The zero-order valence-corrected chi connectivity index (χ0v) is 15.0. The molecule has 1 aliphatic carbocycles. The molecular weight excluding hydrogens is 300 g/mol. The predicted octanol–water partition coefficient (Wildman–Crippen LogP) is 3.07. The van der Waals surface area contributed by atoms with Crippen LogP contribution in [0.4, 0.5) is 0 Å². The Morgan fingerprint density at radius 2 is 1.71 bits per heavy atom. The summed E-state index contributed by atoms with van der Waals surface area (Å²) in [6, 6.07) is 8.67. The number of aliphatic hydroxyl groups is 1. The van der Waals surface area contributed by atoms with Crippen LogP contribution in [0.1, 0.15) is 50.7 Å². The number of rotatable bonds is 6. The van der Waals surface area contributed by atoms with Crippen molar-refractivity contribution in [3.05, 3.63) is 29.8 Å². The summed E-state index contributed by atoms with van der Waals surface area (Å²) in [7, 11) is 0. The Labute approximate surface area is 146 Å². The fourth-order valence-corrected chi connectivity index (χ4v) is 4.06. The zero-order valence-electron chi connectivity index (χ0n) is 15.0. The highest BCUT2D eigenvalue weighted by molar-refractivity contribution is 5.28. The van der Waals surface area contributed by atoms with Crippen LogP contribution in [-0.2, 0) is 0 Å². The third-order valence-corrected chi connectivity index (χ3v) is 5.50. The van der Waals surface area contributed by atoms with E-state index in [-0.39, 0.29) is 0 Å². The summed E-state index contributed by atoms with van der Waals surface area (Å²) in [5, 5.41) is 10.5. The standard InChI is InChI=1S/C20H32N2O2/c1-2-24-19-10-8-17(9-11-19)20(23)16-21-12-14-22(15-13-21)18-6-4-3-5-7-18/h8-11,18,20,23H,2-7,12-16H2,1H3/t20-/m1/s1. The fourth-order valence-electron chi connectivity index (χ4n) is 4.06. The zero-order chi connectivity index (χ0) is 16.8. The van der Waals surface area contributed by atoms with Gasteiger partial charge in [0, 0.05) is 38.8 Å². The summed E-state index contributed by atoms with van der Waals surface area (Å²) < 4.78 is 5.46. The quantitative estimate of drug-likeness (QED) is 0.868. The molecule has 4 heteroatoms. The van der Waals surface area contributed by atoms with Gasteiger partial charge in [0.05, 0.1) is 12.7 Å². The van der Waals surface area contributed by atoms with E-state index in [1.54, 1.807) is 0 Å². The number of ether oxygens (including phenoxy) is 1. The van der Waals surface area contributed by atoms with Crippen LogP contribution in [0.3, 0.4) is 0 Å². The monoisotopic (exact) mass is 332 g/mol. The van der Waals surface area contributed by atoms with E-state index in [1.807, 2.05) is 31.2 Å². The highest BCUT2D eigenvalue weighted by atomic mass is 16.5. The minimum absolute atomic E-state index is 0.415. The number of hydrogen-bond acceptors (Lipinski definition) is 4. The molecule has 1 N–H and O–H groups in total. The second-order valence-electron chi connectivity index (χ2n) is 7.15. The second-order valence-corrected chi connectivity index (χ2v) is 7.15. The molecule has 1 aliphatic heterocycles. The lowest BCUT2D eigenvalue weighted by Crippen LogP contribution is -2.51. The lowest BCUT2D eigenvalue weighted by Gasteiger charge is -2.41. The molecule has 0 bridgehead atoms. The van der Waals surface area contributed by atoms with Crippen LogP contribution < -0.4 is 4.74 Å². The minimum Gasteiger partial charge on any atom is -0.494 e. The molecule has 3 rings (SSSR count). The average Bonchev–Trinajstić information content (AvgIpc) is 2.64. The number of β-amino-alcohol motifs (C(OH)–C–C–N with tert-alkyl or cyclic N) is 1. The molecule has 2 fully saturated rings. The molecule has 1 saturated carbocycles. The minimum atomic E-state index is -0.415. The van der Waals surface area contributed by atoms with Gasteiger partial charge in [-0.1, -0.05) is 31.4 Å². The molecule has 0 spiro atoms. The van der Waals surface area contributed by atoms with Crippen molar-refractivity contribution in [2.75, 3.05) is 39.3 Å². The highest BCUT2D eigenvalue weighted by Gasteiger charge is 2.26. The molecule has 0 unspecified atom stereocenters. The van der Waals surface area contributed by atoms with Crippen LogP contribution in [0.15, 0.2) is 24.3 Å². The first-order valence-corrected chi connectivity index (χ1v) is 9.63. The van der Waals surface area contributed by atoms with Crippen LogP contribution in [-0.4, -0.2) is 60.3 Å². The Morgan fingerprint density at radius 1 is 1.04 bits per heavy atom. The maximum absolute atomic E-state index is 10.5. The summed E-state index contributed by atoms with van der Waals surface area (Å²) in [5.74, 6) is 0.870. The van der Waals surface area contributed by atoms with E-state index in [4.69, 9.17) is 4.74 Å². The van der Waals surface area contributed by atoms with E-state index in [2.05, 4.69) is 9.80 Å². The molecule has 2 aliphatic rings. The molecular formula is C20H32N2O2. The van der Waals surface area contributed by atoms with E-state index < -0.39 is 6.10 Å². The van der Waals surface area contributed by atoms with E-state index in [1.165, 1.54) is 32.1 Å². The second kappa shape index (κ2) is 8.84. The summed E-state index contributed by atoms with van der Waals surface area (Å²) in [5.41, 5.74) is 0.980.